The minimum absolute atomic E-state index is 0.0213. The summed E-state index contributed by atoms with van der Waals surface area (Å²) >= 11 is 2.87. The lowest BCUT2D eigenvalue weighted by Crippen LogP contribution is -2.09. The first kappa shape index (κ1) is 10.2. The first-order chi connectivity index (χ1) is 5.95. The highest BCUT2D eigenvalue weighted by Crippen LogP contribution is 2.31. The van der Waals surface area contributed by atoms with Crippen LogP contribution in [0.25, 0.3) is 0 Å². The van der Waals surface area contributed by atoms with E-state index >= 15 is 0 Å². The maximum absolute atomic E-state index is 12.0. The molecule has 1 aromatic heterocycles. The molecule has 0 saturated carbocycles. The minimum Gasteiger partial charge on any atom is -0.479 e. The van der Waals surface area contributed by atoms with Gasteiger partial charge < -0.3 is 4.74 Å². The molecule has 0 unspecified atom stereocenters. The maximum Gasteiger partial charge on any atom is 0.435 e. The molecule has 1 aromatic rings. The SMILES string of the molecule is COc1nnc(C(F)(F)F)cc1Br. The van der Waals surface area contributed by atoms with Crippen LogP contribution in [-0.4, -0.2) is 17.3 Å². The largest absolute Gasteiger partial charge is 0.479 e. The topological polar surface area (TPSA) is 35.0 Å². The lowest BCUT2D eigenvalue weighted by molar-refractivity contribution is -0.141. The van der Waals surface area contributed by atoms with Gasteiger partial charge in [0.2, 0.25) is 5.88 Å². The average Bonchev–Trinajstić information content (AvgIpc) is 2.02. The van der Waals surface area contributed by atoms with E-state index in [0.29, 0.717) is 0 Å². The standard InChI is InChI=1S/C6H4BrF3N2O/c1-13-5-3(7)2-4(11-12-5)6(8,9)10/h2H,1H3. The number of nitrogens with zero attached hydrogens (tertiary/aromatic N) is 2. The first-order valence-corrected chi connectivity index (χ1v) is 3.89. The van der Waals surface area contributed by atoms with Crippen molar-refractivity contribution in [3.8, 4) is 5.88 Å². The molecule has 0 aliphatic carbocycles. The number of hydrogen-bond donors (Lipinski definition) is 0. The smallest absolute Gasteiger partial charge is 0.435 e. The second kappa shape index (κ2) is 3.49. The molecule has 0 spiro atoms. The lowest BCUT2D eigenvalue weighted by Gasteiger charge is -2.06. The van der Waals surface area contributed by atoms with Crippen LogP contribution in [0.3, 0.4) is 0 Å². The van der Waals surface area contributed by atoms with Crippen molar-refractivity contribution in [1.29, 1.82) is 0 Å². The van der Waals surface area contributed by atoms with Gasteiger partial charge >= 0.3 is 6.18 Å². The summed E-state index contributed by atoms with van der Waals surface area (Å²) in [6, 6.07) is 0.811. The third kappa shape index (κ3) is 2.30. The molecule has 0 aliphatic rings. The number of rotatable bonds is 1. The van der Waals surface area contributed by atoms with Gasteiger partial charge in [-0.3, -0.25) is 0 Å². The van der Waals surface area contributed by atoms with Crippen molar-refractivity contribution in [3.63, 3.8) is 0 Å². The van der Waals surface area contributed by atoms with Gasteiger partial charge in [0.1, 0.15) is 0 Å². The number of halogens is 4. The molecule has 0 fully saturated rings. The summed E-state index contributed by atoms with van der Waals surface area (Å²) in [6.45, 7) is 0. The molecule has 0 saturated heterocycles. The lowest BCUT2D eigenvalue weighted by atomic mass is 10.4. The van der Waals surface area contributed by atoms with E-state index in [4.69, 9.17) is 0 Å². The summed E-state index contributed by atoms with van der Waals surface area (Å²) in [5.41, 5.74) is -1.06. The predicted molar refractivity (Wildman–Crippen MR) is 41.3 cm³/mol. The molecule has 13 heavy (non-hydrogen) atoms. The zero-order valence-electron chi connectivity index (χ0n) is 6.39. The molecule has 0 atom stereocenters. The Kier molecular flexibility index (Phi) is 2.74. The van der Waals surface area contributed by atoms with Gasteiger partial charge in [-0.05, 0) is 22.0 Å². The minimum atomic E-state index is -4.48. The highest BCUT2D eigenvalue weighted by molar-refractivity contribution is 9.10. The molecule has 0 bridgehead atoms. The van der Waals surface area contributed by atoms with Crippen LogP contribution in [0.2, 0.25) is 0 Å². The summed E-state index contributed by atoms with van der Waals surface area (Å²) in [5.74, 6) is 0.0213. The van der Waals surface area contributed by atoms with Crippen molar-refractivity contribution >= 4 is 15.9 Å². The van der Waals surface area contributed by atoms with Gasteiger partial charge in [0.05, 0.1) is 11.6 Å². The van der Waals surface area contributed by atoms with Gasteiger partial charge in [0, 0.05) is 0 Å². The Morgan fingerprint density at radius 3 is 2.38 bits per heavy atom. The number of hydrogen-bond acceptors (Lipinski definition) is 3. The van der Waals surface area contributed by atoms with Crippen LogP contribution in [0.15, 0.2) is 10.5 Å². The van der Waals surface area contributed by atoms with Crippen LogP contribution in [0, 0.1) is 0 Å². The Morgan fingerprint density at radius 1 is 1.38 bits per heavy atom. The summed E-state index contributed by atoms with van der Waals surface area (Å²) in [4.78, 5) is 0. The van der Waals surface area contributed by atoms with Gasteiger partial charge in [-0.25, -0.2) is 0 Å². The maximum atomic E-state index is 12.0. The van der Waals surface area contributed by atoms with Crippen LogP contribution in [0.5, 0.6) is 5.88 Å². The van der Waals surface area contributed by atoms with Gasteiger partial charge in [0.15, 0.2) is 5.69 Å². The Hall–Kier alpha value is -0.850. The summed E-state index contributed by atoms with van der Waals surface area (Å²) in [6.07, 6.45) is -4.48. The van der Waals surface area contributed by atoms with E-state index in [1.54, 1.807) is 0 Å². The average molecular weight is 257 g/mol. The fourth-order valence-electron chi connectivity index (χ4n) is 0.635. The Balaban J connectivity index is 3.10. The van der Waals surface area contributed by atoms with Gasteiger partial charge in [0.25, 0.3) is 0 Å². The monoisotopic (exact) mass is 256 g/mol. The van der Waals surface area contributed by atoms with Crippen molar-refractivity contribution in [2.45, 2.75) is 6.18 Å². The van der Waals surface area contributed by atoms with Crippen molar-refractivity contribution in [2.24, 2.45) is 0 Å². The molecule has 7 heteroatoms. The number of aromatic nitrogens is 2. The van der Waals surface area contributed by atoms with Crippen LogP contribution < -0.4 is 4.74 Å². The Morgan fingerprint density at radius 2 is 2.00 bits per heavy atom. The molecule has 0 aromatic carbocycles. The molecule has 0 amide bonds. The molecular weight excluding hydrogens is 253 g/mol. The molecule has 3 nitrogen and oxygen atoms in total. The van der Waals surface area contributed by atoms with E-state index in [2.05, 4.69) is 30.9 Å². The van der Waals surface area contributed by atoms with Crippen molar-refractivity contribution in [2.75, 3.05) is 7.11 Å². The van der Waals surface area contributed by atoms with Crippen LogP contribution >= 0.6 is 15.9 Å². The molecule has 72 valence electrons. The third-order valence-corrected chi connectivity index (χ3v) is 1.77. The fourth-order valence-corrected chi connectivity index (χ4v) is 1.09. The zero-order chi connectivity index (χ0) is 10.1. The summed E-state index contributed by atoms with van der Waals surface area (Å²) < 4.78 is 40.9. The second-order valence-electron chi connectivity index (χ2n) is 2.08. The quantitative estimate of drug-likeness (QED) is 0.774. The van der Waals surface area contributed by atoms with E-state index in [1.165, 1.54) is 7.11 Å². The van der Waals surface area contributed by atoms with E-state index in [-0.39, 0.29) is 10.4 Å². The fraction of sp³-hybridized carbons (Fsp3) is 0.333. The molecule has 0 radical (unpaired) electrons. The summed E-state index contributed by atoms with van der Waals surface area (Å²) in [7, 11) is 1.29. The van der Waals surface area contributed by atoms with E-state index in [0.717, 1.165) is 6.07 Å². The second-order valence-corrected chi connectivity index (χ2v) is 2.94. The predicted octanol–water partition coefficient (Wildman–Crippen LogP) is 2.27. The van der Waals surface area contributed by atoms with Crippen molar-refractivity contribution in [1.82, 2.24) is 10.2 Å². The van der Waals surface area contributed by atoms with Crippen molar-refractivity contribution in [3.05, 3.63) is 16.2 Å². The summed E-state index contributed by atoms with van der Waals surface area (Å²) in [5, 5.41) is 6.18. The molecule has 0 N–H and O–H groups in total. The Bertz CT molecular complexity index is 315. The number of ether oxygens (including phenoxy) is 1. The highest BCUT2D eigenvalue weighted by Gasteiger charge is 2.33. The first-order valence-electron chi connectivity index (χ1n) is 3.09. The van der Waals surface area contributed by atoms with Gasteiger partial charge in [-0.2, -0.15) is 13.2 Å². The van der Waals surface area contributed by atoms with E-state index in [1.807, 2.05) is 0 Å². The number of alkyl halides is 3. The van der Waals surface area contributed by atoms with E-state index in [9.17, 15) is 13.2 Å². The molecular formula is C6H4BrF3N2O. The normalized spacial score (nSPS) is 11.5. The molecule has 1 rings (SSSR count). The van der Waals surface area contributed by atoms with Crippen LogP contribution in [0.4, 0.5) is 13.2 Å². The van der Waals surface area contributed by atoms with Gasteiger partial charge in [-0.1, -0.05) is 0 Å². The van der Waals surface area contributed by atoms with Crippen molar-refractivity contribution < 1.29 is 17.9 Å². The molecule has 0 aliphatic heterocycles. The van der Waals surface area contributed by atoms with Crippen LogP contribution in [0.1, 0.15) is 5.69 Å². The molecule has 1 heterocycles. The highest BCUT2D eigenvalue weighted by atomic mass is 79.9. The van der Waals surface area contributed by atoms with Crippen LogP contribution in [-0.2, 0) is 6.18 Å². The van der Waals surface area contributed by atoms with E-state index < -0.39 is 11.9 Å². The van der Waals surface area contributed by atoms with Gasteiger partial charge in [-0.15, -0.1) is 10.2 Å². The zero-order valence-corrected chi connectivity index (χ0v) is 7.98. The Labute approximate surface area is 80.0 Å². The third-order valence-electron chi connectivity index (χ3n) is 1.20. The number of methoxy groups -OCH3 is 1.